The molecule has 0 amide bonds. The second kappa shape index (κ2) is 8.45. The highest BCUT2D eigenvalue weighted by Crippen LogP contribution is 2.17. The van der Waals surface area contributed by atoms with Crippen LogP contribution < -0.4 is 5.43 Å². The average Bonchev–Trinajstić information content (AvgIpc) is 2.47. The molecule has 0 spiro atoms. The minimum atomic E-state index is -0.690. The van der Waals surface area contributed by atoms with Crippen LogP contribution in [0, 0.1) is 0 Å². The summed E-state index contributed by atoms with van der Waals surface area (Å²) in [5, 5.41) is 3.60. The van der Waals surface area contributed by atoms with E-state index in [0.29, 0.717) is 11.3 Å². The van der Waals surface area contributed by atoms with Crippen molar-refractivity contribution in [3.05, 3.63) is 42.5 Å². The van der Waals surface area contributed by atoms with Crippen molar-refractivity contribution in [3.8, 4) is 0 Å². The van der Waals surface area contributed by atoms with Gasteiger partial charge in [0.05, 0.1) is 23.0 Å². The normalized spacial score (nSPS) is 11.3. The van der Waals surface area contributed by atoms with E-state index < -0.39 is 18.0 Å². The van der Waals surface area contributed by atoms with Gasteiger partial charge in [0, 0.05) is 0 Å². The summed E-state index contributed by atoms with van der Waals surface area (Å²) in [4.78, 5) is 23.0. The molecule has 0 aromatic heterocycles. The van der Waals surface area contributed by atoms with Crippen molar-refractivity contribution in [3.63, 3.8) is 0 Å². The van der Waals surface area contributed by atoms with E-state index in [4.69, 9.17) is 4.74 Å². The zero-order valence-corrected chi connectivity index (χ0v) is 12.0. The minimum absolute atomic E-state index is 0.240. The molecular weight excluding hydrogens is 272 g/mol. The second-order valence-corrected chi connectivity index (χ2v) is 3.95. The molecule has 0 aliphatic heterocycles. The summed E-state index contributed by atoms with van der Waals surface area (Å²) in [5.74, 6) is -1.21. The van der Waals surface area contributed by atoms with Crippen LogP contribution in [0.2, 0.25) is 0 Å². The molecule has 0 bridgehead atoms. The number of benzene rings is 1. The number of hydrazone groups is 1. The number of carbonyl (C=O) groups is 2. The van der Waals surface area contributed by atoms with Gasteiger partial charge in [-0.2, -0.15) is 4.79 Å². The van der Waals surface area contributed by atoms with E-state index in [9.17, 15) is 9.59 Å². The fraction of sp³-hybridized carbons (Fsp3) is 0.267. The lowest BCUT2D eigenvalue weighted by atomic mass is 10.2. The first-order chi connectivity index (χ1) is 10.1. The fourth-order valence-corrected chi connectivity index (χ4v) is 1.34. The number of nitrogens with one attached hydrogen (secondary N) is 1. The minimum Gasteiger partial charge on any atom is -0.455 e. The number of hydrogen-bond donors (Lipinski definition) is 1. The van der Waals surface area contributed by atoms with Gasteiger partial charge in [0.25, 0.3) is 0 Å². The highest BCUT2D eigenvalue weighted by Gasteiger charge is 2.18. The van der Waals surface area contributed by atoms with Gasteiger partial charge in [-0.25, -0.2) is 10.2 Å². The van der Waals surface area contributed by atoms with Crippen molar-refractivity contribution in [2.45, 2.75) is 20.0 Å². The number of rotatable bonds is 7. The molecule has 0 saturated heterocycles. The van der Waals surface area contributed by atoms with Gasteiger partial charge in [0.2, 0.25) is 0 Å². The number of hydrogen-bond acceptors (Lipinski definition) is 6. The van der Waals surface area contributed by atoms with Crippen molar-refractivity contribution < 1.29 is 19.1 Å². The molecule has 110 valence electrons. The van der Waals surface area contributed by atoms with E-state index in [-0.39, 0.29) is 6.61 Å². The molecule has 1 rings (SSSR count). The first kappa shape index (κ1) is 16.3. The number of ether oxygens (including phenoxy) is 2. The summed E-state index contributed by atoms with van der Waals surface area (Å²) in [6.07, 6.45) is 3.25. The molecule has 0 radical (unpaired) electrons. The Bertz CT molecular complexity index is 540. The van der Waals surface area contributed by atoms with E-state index in [1.165, 1.54) is 6.08 Å². The smallest absolute Gasteiger partial charge is 0.455 e. The molecule has 21 heavy (non-hydrogen) atoms. The summed E-state index contributed by atoms with van der Waals surface area (Å²) in [7, 11) is 0. The maximum absolute atomic E-state index is 12.0. The van der Waals surface area contributed by atoms with Gasteiger partial charge in [-0.3, -0.25) is 0 Å². The molecule has 0 aliphatic carbocycles. The highest BCUT2D eigenvalue weighted by atomic mass is 16.5. The maximum Gasteiger partial charge on any atom is 0.619 e. The SMILES string of the molecule is C=CC(C)OC(=O)c1ccccc1NN=[C+]C(=O)OCC. The summed E-state index contributed by atoms with van der Waals surface area (Å²) in [5.41, 5.74) is 3.25. The Labute approximate surface area is 123 Å². The van der Waals surface area contributed by atoms with Crippen LogP contribution in [0.4, 0.5) is 5.69 Å². The van der Waals surface area contributed by atoms with Crippen molar-refractivity contribution >= 4 is 23.8 Å². The van der Waals surface area contributed by atoms with E-state index in [2.05, 4.69) is 28.1 Å². The van der Waals surface area contributed by atoms with Crippen LogP contribution in [0.3, 0.4) is 0 Å². The van der Waals surface area contributed by atoms with Gasteiger partial charge in [-0.15, -0.1) is 0 Å². The summed E-state index contributed by atoms with van der Waals surface area (Å²) in [6, 6.07) is 6.63. The van der Waals surface area contributed by atoms with Gasteiger partial charge < -0.3 is 9.47 Å². The Morgan fingerprint density at radius 1 is 1.48 bits per heavy atom. The van der Waals surface area contributed by atoms with Crippen LogP contribution in [-0.2, 0) is 14.3 Å². The molecule has 0 heterocycles. The zero-order chi connectivity index (χ0) is 15.7. The lowest BCUT2D eigenvalue weighted by molar-refractivity contribution is -0.134. The van der Waals surface area contributed by atoms with Gasteiger partial charge in [0.1, 0.15) is 6.10 Å². The van der Waals surface area contributed by atoms with Gasteiger partial charge in [0.15, 0.2) is 0 Å². The largest absolute Gasteiger partial charge is 0.619 e. The van der Waals surface area contributed by atoms with Crippen LogP contribution in [-0.4, -0.2) is 30.9 Å². The van der Waals surface area contributed by atoms with Crippen LogP contribution in [0.15, 0.2) is 42.0 Å². The lowest BCUT2D eigenvalue weighted by Gasteiger charge is -2.10. The zero-order valence-electron chi connectivity index (χ0n) is 12.0. The van der Waals surface area contributed by atoms with Gasteiger partial charge in [-0.1, -0.05) is 24.8 Å². The van der Waals surface area contributed by atoms with Gasteiger partial charge >= 0.3 is 18.2 Å². The third-order valence-corrected chi connectivity index (χ3v) is 2.37. The third-order valence-electron chi connectivity index (χ3n) is 2.37. The lowest BCUT2D eigenvalue weighted by Crippen LogP contribution is -2.14. The predicted molar refractivity (Wildman–Crippen MR) is 79.2 cm³/mol. The molecule has 0 fully saturated rings. The molecule has 1 aromatic carbocycles. The first-order valence-corrected chi connectivity index (χ1v) is 6.39. The molecule has 0 aliphatic rings. The molecule has 1 atom stereocenters. The van der Waals surface area contributed by atoms with Crippen molar-refractivity contribution in [2.75, 3.05) is 12.0 Å². The number of anilines is 1. The van der Waals surface area contributed by atoms with Gasteiger partial charge in [-0.05, 0) is 26.0 Å². The number of nitrogens with zero attached hydrogens (tertiary/aromatic N) is 1. The highest BCUT2D eigenvalue weighted by molar-refractivity contribution is 6.23. The average molecular weight is 289 g/mol. The fourth-order valence-electron chi connectivity index (χ4n) is 1.34. The van der Waals surface area contributed by atoms with Crippen LogP contribution in [0.25, 0.3) is 0 Å². The number of para-hydroxylation sites is 1. The molecular formula is C15H17N2O4+. The van der Waals surface area contributed by atoms with Crippen molar-refractivity contribution in [2.24, 2.45) is 5.10 Å². The molecule has 0 saturated carbocycles. The van der Waals surface area contributed by atoms with E-state index in [0.717, 1.165) is 0 Å². The Hall–Kier alpha value is -2.72. The number of esters is 2. The summed E-state index contributed by atoms with van der Waals surface area (Å²) >= 11 is 0. The molecule has 6 nitrogen and oxygen atoms in total. The second-order valence-electron chi connectivity index (χ2n) is 3.95. The standard InChI is InChI=1S/C15H16N2O4/c1-4-11(3)21-15(19)12-8-6-7-9-13(12)17-16-10-14(18)20-5-2/h4,6-9,11H,1,5H2,2-3H3/p+1. The quantitative estimate of drug-likeness (QED) is 0.274. The predicted octanol–water partition coefficient (Wildman–Crippen LogP) is 2.26. The number of carbonyl (C=O) groups excluding carboxylic acids is 2. The van der Waals surface area contributed by atoms with Crippen molar-refractivity contribution in [1.82, 2.24) is 0 Å². The summed E-state index contributed by atoms with van der Waals surface area (Å²) < 4.78 is 9.78. The monoisotopic (exact) mass is 289 g/mol. The maximum atomic E-state index is 12.0. The van der Waals surface area contributed by atoms with Crippen molar-refractivity contribution in [1.29, 1.82) is 0 Å². The Morgan fingerprint density at radius 3 is 2.86 bits per heavy atom. The Kier molecular flexibility index (Phi) is 6.57. The van der Waals surface area contributed by atoms with Crippen LogP contribution >= 0.6 is 0 Å². The molecule has 1 aromatic rings. The molecule has 1 N–H and O–H groups in total. The third kappa shape index (κ3) is 5.42. The van der Waals surface area contributed by atoms with Crippen LogP contribution in [0.5, 0.6) is 0 Å². The van der Waals surface area contributed by atoms with E-state index >= 15 is 0 Å². The van der Waals surface area contributed by atoms with E-state index in [1.54, 1.807) is 38.1 Å². The topological polar surface area (TPSA) is 77.0 Å². The molecule has 6 heteroatoms. The van der Waals surface area contributed by atoms with E-state index in [1.807, 2.05) is 0 Å². The Balaban J connectivity index is 2.77. The summed E-state index contributed by atoms with van der Waals surface area (Å²) in [6.45, 7) is 7.16. The first-order valence-electron chi connectivity index (χ1n) is 6.39. The van der Waals surface area contributed by atoms with Crippen LogP contribution in [0.1, 0.15) is 24.2 Å². The molecule has 1 unspecified atom stereocenters. The Morgan fingerprint density at radius 2 is 2.19 bits per heavy atom.